The average molecular weight is 179 g/mol. The summed E-state index contributed by atoms with van der Waals surface area (Å²) in [5.74, 6) is 0.174. The summed E-state index contributed by atoms with van der Waals surface area (Å²) >= 11 is 0. The van der Waals surface area contributed by atoms with Gasteiger partial charge in [0.2, 0.25) is 11.8 Å². The SMILES string of the molecule is CCOc1nc(N)nc(N)c1C#N. The molecule has 1 aromatic rings. The third-order valence-electron chi connectivity index (χ3n) is 1.31. The van der Waals surface area contributed by atoms with Crippen LogP contribution in [0.15, 0.2) is 0 Å². The second kappa shape index (κ2) is 3.58. The Morgan fingerprint density at radius 3 is 2.69 bits per heavy atom. The topological polar surface area (TPSA) is 111 Å². The Kier molecular flexibility index (Phi) is 2.50. The van der Waals surface area contributed by atoms with E-state index in [0.29, 0.717) is 6.61 Å². The van der Waals surface area contributed by atoms with E-state index in [1.165, 1.54) is 0 Å². The maximum absolute atomic E-state index is 8.69. The minimum atomic E-state index is -0.0000463. The number of nitrogen functional groups attached to an aromatic ring is 2. The van der Waals surface area contributed by atoms with Gasteiger partial charge in [0.05, 0.1) is 6.61 Å². The van der Waals surface area contributed by atoms with E-state index in [0.717, 1.165) is 0 Å². The predicted octanol–water partition coefficient (Wildman–Crippen LogP) is -0.0886. The van der Waals surface area contributed by atoms with Crippen molar-refractivity contribution in [3.05, 3.63) is 5.56 Å². The number of nitrogens with two attached hydrogens (primary N) is 2. The zero-order chi connectivity index (χ0) is 9.84. The van der Waals surface area contributed by atoms with Crippen molar-refractivity contribution in [2.75, 3.05) is 18.1 Å². The summed E-state index contributed by atoms with van der Waals surface area (Å²) in [5.41, 5.74) is 10.9. The highest BCUT2D eigenvalue weighted by molar-refractivity contribution is 5.56. The number of hydrogen-bond donors (Lipinski definition) is 2. The predicted molar refractivity (Wildman–Crippen MR) is 46.7 cm³/mol. The third kappa shape index (κ3) is 1.76. The van der Waals surface area contributed by atoms with Gasteiger partial charge < -0.3 is 16.2 Å². The molecule has 0 saturated heterocycles. The van der Waals surface area contributed by atoms with Gasteiger partial charge in [-0.3, -0.25) is 0 Å². The smallest absolute Gasteiger partial charge is 0.238 e. The molecule has 68 valence electrons. The van der Waals surface area contributed by atoms with Crippen LogP contribution in [-0.4, -0.2) is 16.6 Å². The Bertz CT molecular complexity index is 357. The van der Waals surface area contributed by atoms with Crippen molar-refractivity contribution in [1.29, 1.82) is 5.26 Å². The Hall–Kier alpha value is -2.03. The number of nitrogens with zero attached hydrogens (tertiary/aromatic N) is 3. The Morgan fingerprint density at radius 2 is 2.15 bits per heavy atom. The van der Waals surface area contributed by atoms with Crippen LogP contribution in [0.4, 0.5) is 11.8 Å². The van der Waals surface area contributed by atoms with Crippen LogP contribution in [0.2, 0.25) is 0 Å². The second-order valence-electron chi connectivity index (χ2n) is 2.19. The molecular weight excluding hydrogens is 170 g/mol. The van der Waals surface area contributed by atoms with Crippen molar-refractivity contribution in [2.45, 2.75) is 6.92 Å². The van der Waals surface area contributed by atoms with Crippen LogP contribution in [0, 0.1) is 11.3 Å². The van der Waals surface area contributed by atoms with Crippen LogP contribution >= 0.6 is 0 Å². The van der Waals surface area contributed by atoms with E-state index in [4.69, 9.17) is 21.5 Å². The van der Waals surface area contributed by atoms with Crippen LogP contribution < -0.4 is 16.2 Å². The molecule has 0 bridgehead atoms. The minimum absolute atomic E-state index is 0.0000463. The summed E-state index contributed by atoms with van der Waals surface area (Å²) in [6.07, 6.45) is 0. The van der Waals surface area contributed by atoms with Gasteiger partial charge in [-0.1, -0.05) is 0 Å². The number of nitriles is 1. The molecule has 0 fully saturated rings. The molecule has 0 unspecified atom stereocenters. The van der Waals surface area contributed by atoms with E-state index < -0.39 is 0 Å². The Labute approximate surface area is 75.2 Å². The van der Waals surface area contributed by atoms with Crippen molar-refractivity contribution >= 4 is 11.8 Å². The van der Waals surface area contributed by atoms with E-state index >= 15 is 0 Å². The van der Waals surface area contributed by atoms with Crippen molar-refractivity contribution in [3.8, 4) is 11.9 Å². The van der Waals surface area contributed by atoms with E-state index in [1.807, 2.05) is 6.07 Å². The van der Waals surface area contributed by atoms with Gasteiger partial charge in [-0.25, -0.2) is 0 Å². The van der Waals surface area contributed by atoms with Crippen LogP contribution in [0.25, 0.3) is 0 Å². The van der Waals surface area contributed by atoms with Crippen LogP contribution in [0.3, 0.4) is 0 Å². The molecule has 6 nitrogen and oxygen atoms in total. The molecule has 0 saturated carbocycles. The van der Waals surface area contributed by atoms with Gasteiger partial charge in [0.1, 0.15) is 6.07 Å². The van der Waals surface area contributed by atoms with E-state index in [-0.39, 0.29) is 23.2 Å². The first-order valence-corrected chi connectivity index (χ1v) is 3.65. The molecule has 0 aliphatic carbocycles. The largest absolute Gasteiger partial charge is 0.477 e. The van der Waals surface area contributed by atoms with Gasteiger partial charge in [0.15, 0.2) is 11.4 Å². The van der Waals surface area contributed by atoms with Gasteiger partial charge in [-0.15, -0.1) is 0 Å². The second-order valence-corrected chi connectivity index (χ2v) is 2.19. The summed E-state index contributed by atoms with van der Waals surface area (Å²) in [6, 6.07) is 1.85. The van der Waals surface area contributed by atoms with Crippen LogP contribution in [-0.2, 0) is 0 Å². The highest BCUT2D eigenvalue weighted by atomic mass is 16.5. The molecule has 6 heteroatoms. The number of ether oxygens (including phenoxy) is 1. The summed E-state index contributed by atoms with van der Waals surface area (Å²) in [4.78, 5) is 7.37. The van der Waals surface area contributed by atoms with Crippen molar-refractivity contribution in [1.82, 2.24) is 9.97 Å². The standard InChI is InChI=1S/C7H9N5O/c1-2-13-6-4(3-8)5(9)11-7(10)12-6/h2H2,1H3,(H4,9,10,11,12). The average Bonchev–Trinajstić information content (AvgIpc) is 2.04. The molecule has 0 spiro atoms. The summed E-state index contributed by atoms with van der Waals surface area (Å²) in [5, 5.41) is 8.69. The summed E-state index contributed by atoms with van der Waals surface area (Å²) < 4.78 is 5.06. The van der Waals surface area contributed by atoms with Crippen molar-refractivity contribution in [3.63, 3.8) is 0 Å². The maximum atomic E-state index is 8.69. The first-order valence-electron chi connectivity index (χ1n) is 3.65. The maximum Gasteiger partial charge on any atom is 0.238 e. The molecule has 0 aromatic carbocycles. The fourth-order valence-electron chi connectivity index (χ4n) is 0.820. The first-order chi connectivity index (χ1) is 6.19. The third-order valence-corrected chi connectivity index (χ3v) is 1.31. The molecule has 0 aliphatic rings. The van der Waals surface area contributed by atoms with Crippen LogP contribution in [0.5, 0.6) is 5.88 Å². The molecule has 0 radical (unpaired) electrons. The Balaban J connectivity index is 3.23. The summed E-state index contributed by atoms with van der Waals surface area (Å²) in [6.45, 7) is 2.17. The number of anilines is 2. The van der Waals surface area contributed by atoms with Gasteiger partial charge >= 0.3 is 0 Å². The number of hydrogen-bond acceptors (Lipinski definition) is 6. The summed E-state index contributed by atoms with van der Waals surface area (Å²) in [7, 11) is 0. The molecule has 1 heterocycles. The first kappa shape index (κ1) is 9.06. The van der Waals surface area contributed by atoms with E-state index in [2.05, 4.69) is 9.97 Å². The highest BCUT2D eigenvalue weighted by Crippen LogP contribution is 2.20. The molecule has 0 atom stereocenters. The Morgan fingerprint density at radius 1 is 1.46 bits per heavy atom. The van der Waals surface area contributed by atoms with Crippen molar-refractivity contribution < 1.29 is 4.74 Å². The van der Waals surface area contributed by atoms with Gasteiger partial charge in [-0.2, -0.15) is 15.2 Å². The molecule has 0 aliphatic heterocycles. The number of aromatic nitrogens is 2. The molecule has 1 rings (SSSR count). The zero-order valence-electron chi connectivity index (χ0n) is 7.11. The molecule has 0 amide bonds. The molecule has 1 aromatic heterocycles. The fourth-order valence-corrected chi connectivity index (χ4v) is 0.820. The normalized spacial score (nSPS) is 9.23. The fraction of sp³-hybridized carbons (Fsp3) is 0.286. The van der Waals surface area contributed by atoms with Gasteiger partial charge in [0, 0.05) is 0 Å². The van der Waals surface area contributed by atoms with Gasteiger partial charge in [-0.05, 0) is 6.92 Å². The van der Waals surface area contributed by atoms with Crippen molar-refractivity contribution in [2.24, 2.45) is 0 Å². The lowest BCUT2D eigenvalue weighted by Crippen LogP contribution is -2.06. The lowest BCUT2D eigenvalue weighted by molar-refractivity contribution is 0.326. The minimum Gasteiger partial charge on any atom is -0.477 e. The highest BCUT2D eigenvalue weighted by Gasteiger charge is 2.11. The van der Waals surface area contributed by atoms with Gasteiger partial charge in [0.25, 0.3) is 0 Å². The molecule has 4 N–H and O–H groups in total. The lowest BCUT2D eigenvalue weighted by Gasteiger charge is -2.05. The zero-order valence-corrected chi connectivity index (χ0v) is 7.11. The molecular formula is C7H9N5O. The lowest BCUT2D eigenvalue weighted by atomic mass is 10.3. The number of rotatable bonds is 2. The van der Waals surface area contributed by atoms with E-state index in [9.17, 15) is 0 Å². The quantitative estimate of drug-likeness (QED) is 0.656. The van der Waals surface area contributed by atoms with E-state index in [1.54, 1.807) is 6.92 Å². The van der Waals surface area contributed by atoms with Crippen LogP contribution in [0.1, 0.15) is 12.5 Å². The monoisotopic (exact) mass is 179 g/mol. The molecule has 13 heavy (non-hydrogen) atoms.